The van der Waals surface area contributed by atoms with Crippen LogP contribution in [0.2, 0.25) is 0 Å². The number of hydrogen-bond acceptors (Lipinski definition) is 5. The van der Waals surface area contributed by atoms with Gasteiger partial charge in [0.15, 0.2) is 0 Å². The molecule has 0 unspecified atom stereocenters. The zero-order valence-electron chi connectivity index (χ0n) is 12.1. The second-order valence-corrected chi connectivity index (χ2v) is 5.39. The van der Waals surface area contributed by atoms with Crippen LogP contribution in [0, 0.1) is 5.92 Å². The normalized spacial score (nSPS) is 28.4. The molecule has 3 atom stereocenters. The summed E-state index contributed by atoms with van der Waals surface area (Å²) in [6.07, 6.45) is 3.66. The molecule has 7 heteroatoms. The molecule has 21 heavy (non-hydrogen) atoms. The van der Waals surface area contributed by atoms with Crippen molar-refractivity contribution in [2.75, 3.05) is 0 Å². The fourth-order valence-corrected chi connectivity index (χ4v) is 2.62. The standard InChI is InChI=1S/C14H22O7/c1-2-3-4-5-6-7-8-9-12(17)21-10(11(15)16)14(9,20)13(18)19/h9-10,20H,2-8H2,1H3,(H,15,16)(H,18,19)/t9-,10+,14+/m1/s1. The molecule has 0 saturated carbocycles. The number of carbonyl (C=O) groups excluding carboxylic acids is 1. The lowest BCUT2D eigenvalue weighted by atomic mass is 9.82. The van der Waals surface area contributed by atoms with Crippen LogP contribution in [0.5, 0.6) is 0 Å². The van der Waals surface area contributed by atoms with Crippen LogP contribution in [0.25, 0.3) is 0 Å². The largest absolute Gasteiger partial charge is 0.479 e. The highest BCUT2D eigenvalue weighted by molar-refractivity contribution is 5.97. The van der Waals surface area contributed by atoms with Gasteiger partial charge in [-0.1, -0.05) is 45.4 Å². The molecule has 0 aromatic heterocycles. The first-order valence-electron chi connectivity index (χ1n) is 7.24. The van der Waals surface area contributed by atoms with Crippen molar-refractivity contribution in [3.8, 4) is 0 Å². The summed E-state index contributed by atoms with van der Waals surface area (Å²) in [4.78, 5) is 33.8. The van der Waals surface area contributed by atoms with Crippen molar-refractivity contribution < 1.29 is 34.4 Å². The van der Waals surface area contributed by atoms with Crippen molar-refractivity contribution in [2.24, 2.45) is 5.92 Å². The number of esters is 1. The van der Waals surface area contributed by atoms with Gasteiger partial charge in [0.2, 0.25) is 11.7 Å². The van der Waals surface area contributed by atoms with Crippen LogP contribution in [-0.2, 0) is 19.1 Å². The van der Waals surface area contributed by atoms with Gasteiger partial charge in [0.1, 0.15) is 5.92 Å². The zero-order chi connectivity index (χ0) is 16.0. The van der Waals surface area contributed by atoms with Gasteiger partial charge in [0.05, 0.1) is 0 Å². The fraction of sp³-hybridized carbons (Fsp3) is 0.786. The number of hydrogen-bond donors (Lipinski definition) is 3. The number of ether oxygens (including phenoxy) is 1. The van der Waals surface area contributed by atoms with Crippen molar-refractivity contribution in [2.45, 2.75) is 63.6 Å². The molecule has 0 bridgehead atoms. The van der Waals surface area contributed by atoms with Crippen LogP contribution in [0.1, 0.15) is 51.9 Å². The fourth-order valence-electron chi connectivity index (χ4n) is 2.62. The number of aliphatic hydroxyl groups is 1. The van der Waals surface area contributed by atoms with E-state index in [0.29, 0.717) is 6.42 Å². The second-order valence-electron chi connectivity index (χ2n) is 5.39. The van der Waals surface area contributed by atoms with Gasteiger partial charge < -0.3 is 20.1 Å². The highest BCUT2D eigenvalue weighted by Crippen LogP contribution is 2.36. The Morgan fingerprint density at radius 1 is 1.14 bits per heavy atom. The minimum Gasteiger partial charge on any atom is -0.479 e. The molecule has 0 radical (unpaired) electrons. The maximum absolute atomic E-state index is 11.7. The Morgan fingerprint density at radius 3 is 2.24 bits per heavy atom. The average Bonchev–Trinajstić information content (AvgIpc) is 2.68. The Labute approximate surface area is 122 Å². The summed E-state index contributed by atoms with van der Waals surface area (Å²) in [5.41, 5.74) is -2.69. The van der Waals surface area contributed by atoms with Gasteiger partial charge in [-0.15, -0.1) is 0 Å². The highest BCUT2D eigenvalue weighted by atomic mass is 16.6. The second kappa shape index (κ2) is 7.40. The number of rotatable bonds is 9. The molecular formula is C14H22O7. The maximum atomic E-state index is 11.7. The van der Waals surface area contributed by atoms with E-state index in [4.69, 9.17) is 10.2 Å². The third-order valence-corrected chi connectivity index (χ3v) is 3.86. The third kappa shape index (κ3) is 3.72. The van der Waals surface area contributed by atoms with Gasteiger partial charge in [-0.3, -0.25) is 4.79 Å². The van der Waals surface area contributed by atoms with Crippen molar-refractivity contribution in [3.63, 3.8) is 0 Å². The molecular weight excluding hydrogens is 280 g/mol. The Balaban J connectivity index is 2.64. The summed E-state index contributed by atoms with van der Waals surface area (Å²) in [6, 6.07) is 0. The highest BCUT2D eigenvalue weighted by Gasteiger charge is 2.64. The molecule has 1 rings (SSSR count). The van der Waals surface area contributed by atoms with Crippen LogP contribution in [0.3, 0.4) is 0 Å². The van der Waals surface area contributed by atoms with Gasteiger partial charge in [-0.2, -0.15) is 0 Å². The molecule has 1 heterocycles. The smallest absolute Gasteiger partial charge is 0.348 e. The van der Waals surface area contributed by atoms with E-state index >= 15 is 0 Å². The third-order valence-electron chi connectivity index (χ3n) is 3.86. The SMILES string of the molecule is CCCCCCCC[C@@H]1C(=O)O[C@@H](C(=O)O)[C@]1(O)C(=O)O. The molecule has 1 aliphatic heterocycles. The summed E-state index contributed by atoms with van der Waals surface area (Å²) in [5, 5.41) is 28.2. The summed E-state index contributed by atoms with van der Waals surface area (Å²) < 4.78 is 4.54. The molecule has 1 aliphatic rings. The molecule has 0 aromatic rings. The van der Waals surface area contributed by atoms with Crippen LogP contribution < -0.4 is 0 Å². The van der Waals surface area contributed by atoms with E-state index in [9.17, 15) is 19.5 Å². The summed E-state index contributed by atoms with van der Waals surface area (Å²) >= 11 is 0. The lowest BCUT2D eigenvalue weighted by molar-refractivity contribution is -0.179. The van der Waals surface area contributed by atoms with Crippen molar-refractivity contribution in [1.29, 1.82) is 0 Å². The van der Waals surface area contributed by atoms with Gasteiger partial charge in [0.25, 0.3) is 0 Å². The van der Waals surface area contributed by atoms with Crippen molar-refractivity contribution in [1.82, 2.24) is 0 Å². The van der Waals surface area contributed by atoms with Gasteiger partial charge >= 0.3 is 17.9 Å². The molecule has 1 saturated heterocycles. The van der Waals surface area contributed by atoms with E-state index in [2.05, 4.69) is 11.7 Å². The van der Waals surface area contributed by atoms with Crippen LogP contribution in [0.4, 0.5) is 0 Å². The minimum absolute atomic E-state index is 0.109. The Bertz CT molecular complexity index is 406. The van der Waals surface area contributed by atoms with Crippen molar-refractivity contribution >= 4 is 17.9 Å². The molecule has 0 amide bonds. The molecule has 0 aliphatic carbocycles. The monoisotopic (exact) mass is 302 g/mol. The average molecular weight is 302 g/mol. The first kappa shape index (κ1) is 17.4. The van der Waals surface area contributed by atoms with E-state index < -0.39 is 35.5 Å². The van der Waals surface area contributed by atoms with E-state index in [1.165, 1.54) is 0 Å². The Kier molecular flexibility index (Phi) is 6.14. The van der Waals surface area contributed by atoms with Gasteiger partial charge in [-0.25, -0.2) is 9.59 Å². The van der Waals surface area contributed by atoms with Gasteiger partial charge in [0, 0.05) is 0 Å². The van der Waals surface area contributed by atoms with E-state index in [-0.39, 0.29) is 6.42 Å². The first-order chi connectivity index (χ1) is 9.85. The lowest BCUT2D eigenvalue weighted by Gasteiger charge is -2.24. The first-order valence-corrected chi connectivity index (χ1v) is 7.24. The minimum atomic E-state index is -2.69. The predicted molar refractivity (Wildman–Crippen MR) is 71.6 cm³/mol. The van der Waals surface area contributed by atoms with Gasteiger partial charge in [-0.05, 0) is 6.42 Å². The van der Waals surface area contributed by atoms with Crippen LogP contribution in [0.15, 0.2) is 0 Å². The van der Waals surface area contributed by atoms with E-state index in [1.54, 1.807) is 0 Å². The maximum Gasteiger partial charge on any atom is 0.348 e. The van der Waals surface area contributed by atoms with E-state index in [1.807, 2.05) is 0 Å². The number of carboxylic acids is 2. The molecule has 3 N–H and O–H groups in total. The summed E-state index contributed by atoms with van der Waals surface area (Å²) in [7, 11) is 0. The molecule has 1 fully saturated rings. The summed E-state index contributed by atoms with van der Waals surface area (Å²) in [5.74, 6) is -5.68. The van der Waals surface area contributed by atoms with Crippen LogP contribution >= 0.6 is 0 Å². The summed E-state index contributed by atoms with van der Waals surface area (Å²) in [6.45, 7) is 2.09. The lowest BCUT2D eigenvalue weighted by Crippen LogP contribution is -2.54. The Hall–Kier alpha value is -1.63. The predicted octanol–water partition coefficient (Wildman–Crippen LogP) is 1.18. The van der Waals surface area contributed by atoms with Crippen molar-refractivity contribution in [3.05, 3.63) is 0 Å². The number of cyclic esters (lactones) is 1. The topological polar surface area (TPSA) is 121 Å². The molecule has 120 valence electrons. The Morgan fingerprint density at radius 2 is 1.71 bits per heavy atom. The number of carboxylic acid groups (broad SMARTS) is 2. The molecule has 0 aromatic carbocycles. The van der Waals surface area contributed by atoms with E-state index in [0.717, 1.165) is 32.1 Å². The number of unbranched alkanes of at least 4 members (excludes halogenated alkanes) is 5. The molecule has 0 spiro atoms. The number of carbonyl (C=O) groups is 3. The van der Waals surface area contributed by atoms with Crippen LogP contribution in [-0.4, -0.2) is 44.9 Å². The number of aliphatic carboxylic acids is 2. The zero-order valence-corrected chi connectivity index (χ0v) is 12.1. The quantitative estimate of drug-likeness (QED) is 0.432. The molecule has 7 nitrogen and oxygen atoms in total.